The Labute approximate surface area is 148 Å². The monoisotopic (exact) mass is 357 g/mol. The van der Waals surface area contributed by atoms with Gasteiger partial charge >= 0.3 is 0 Å². The molecule has 1 fully saturated rings. The first-order valence-electron chi connectivity index (χ1n) is 7.02. The van der Waals surface area contributed by atoms with E-state index in [1.165, 1.54) is 0 Å². The Bertz CT molecular complexity index is 862. The Morgan fingerprint density at radius 1 is 1.12 bits per heavy atom. The lowest BCUT2D eigenvalue weighted by molar-refractivity contribution is -0.115. The van der Waals surface area contributed by atoms with E-state index in [0.717, 1.165) is 5.56 Å². The van der Waals surface area contributed by atoms with E-state index < -0.39 is 0 Å². The van der Waals surface area contributed by atoms with Gasteiger partial charge in [0.25, 0.3) is 11.8 Å². The first-order chi connectivity index (χ1) is 11.5. The van der Waals surface area contributed by atoms with Gasteiger partial charge in [0.15, 0.2) is 5.11 Å². The first kappa shape index (κ1) is 16.2. The van der Waals surface area contributed by atoms with E-state index in [4.69, 9.17) is 23.8 Å². The normalized spacial score (nSPS) is 15.1. The highest BCUT2D eigenvalue weighted by molar-refractivity contribution is 7.80. The van der Waals surface area contributed by atoms with Crippen LogP contribution in [0.3, 0.4) is 0 Å². The second-order valence-corrected chi connectivity index (χ2v) is 5.90. The zero-order chi connectivity index (χ0) is 17.1. The summed E-state index contributed by atoms with van der Waals surface area (Å²) in [5.41, 5.74) is 2.24. The molecule has 0 bridgehead atoms. The quantitative estimate of drug-likeness (QED) is 0.583. The summed E-state index contributed by atoms with van der Waals surface area (Å²) in [5, 5.41) is 8.92. The van der Waals surface area contributed by atoms with Crippen molar-refractivity contribution >= 4 is 52.5 Å². The number of halogens is 1. The van der Waals surface area contributed by atoms with Crippen molar-refractivity contribution in [2.24, 2.45) is 0 Å². The van der Waals surface area contributed by atoms with Crippen molar-refractivity contribution in [2.45, 2.75) is 0 Å². The van der Waals surface area contributed by atoms with Crippen molar-refractivity contribution in [3.63, 3.8) is 0 Å². The lowest BCUT2D eigenvalue weighted by atomic mass is 10.1. The van der Waals surface area contributed by atoms with Crippen LogP contribution in [0.1, 0.15) is 15.9 Å². The standard InChI is InChI=1S/C17H12ClN3O2S/c18-12-6-4-11(5-7-12)15(22)19-13-3-1-2-10(8-13)9-14-16(23)21-17(24)20-14/h1-9H,(H,19,22)(H2,20,21,23,24). The molecule has 0 aromatic heterocycles. The van der Waals surface area contributed by atoms with Crippen LogP contribution < -0.4 is 16.0 Å². The van der Waals surface area contributed by atoms with Gasteiger partial charge in [-0.25, -0.2) is 0 Å². The minimum atomic E-state index is -0.282. The molecule has 2 amide bonds. The third-order valence-electron chi connectivity index (χ3n) is 3.28. The second kappa shape index (κ2) is 6.82. The van der Waals surface area contributed by atoms with Gasteiger partial charge in [0, 0.05) is 16.3 Å². The molecule has 3 N–H and O–H groups in total. The predicted octanol–water partition coefficient (Wildman–Crippen LogP) is 2.94. The van der Waals surface area contributed by atoms with E-state index in [9.17, 15) is 9.59 Å². The Balaban J connectivity index is 1.77. The first-order valence-corrected chi connectivity index (χ1v) is 7.81. The number of hydrogen-bond donors (Lipinski definition) is 3. The van der Waals surface area contributed by atoms with Crippen molar-refractivity contribution in [1.82, 2.24) is 10.6 Å². The van der Waals surface area contributed by atoms with Gasteiger partial charge in [0.2, 0.25) is 0 Å². The maximum atomic E-state index is 12.2. The minimum Gasteiger partial charge on any atom is -0.328 e. The molecule has 2 aromatic rings. The van der Waals surface area contributed by atoms with Gasteiger partial charge in [-0.05, 0) is 60.3 Å². The molecule has 0 atom stereocenters. The number of benzene rings is 2. The molecule has 1 aliphatic heterocycles. The van der Waals surface area contributed by atoms with Gasteiger partial charge in [-0.15, -0.1) is 0 Å². The van der Waals surface area contributed by atoms with Crippen LogP contribution >= 0.6 is 23.8 Å². The van der Waals surface area contributed by atoms with E-state index >= 15 is 0 Å². The van der Waals surface area contributed by atoms with Gasteiger partial charge in [0.05, 0.1) is 0 Å². The summed E-state index contributed by atoms with van der Waals surface area (Å²) in [6.07, 6.45) is 1.66. The highest BCUT2D eigenvalue weighted by Gasteiger charge is 2.19. The summed E-state index contributed by atoms with van der Waals surface area (Å²) >= 11 is 10.7. The van der Waals surface area contributed by atoms with Crippen LogP contribution in [-0.4, -0.2) is 16.9 Å². The van der Waals surface area contributed by atoms with Crippen molar-refractivity contribution in [3.8, 4) is 0 Å². The molecule has 0 saturated carbocycles. The Morgan fingerprint density at radius 3 is 2.54 bits per heavy atom. The van der Waals surface area contributed by atoms with Gasteiger partial charge in [-0.1, -0.05) is 23.7 Å². The Kier molecular flexibility index (Phi) is 4.59. The molecule has 0 unspecified atom stereocenters. The molecule has 1 aliphatic rings. The number of hydrogen-bond acceptors (Lipinski definition) is 3. The van der Waals surface area contributed by atoms with E-state index in [-0.39, 0.29) is 16.9 Å². The molecule has 3 rings (SSSR count). The number of rotatable bonds is 3. The third-order valence-corrected chi connectivity index (χ3v) is 3.74. The van der Waals surface area contributed by atoms with Gasteiger partial charge in [0.1, 0.15) is 5.70 Å². The van der Waals surface area contributed by atoms with E-state index in [2.05, 4.69) is 16.0 Å². The molecule has 0 radical (unpaired) electrons. The number of thiocarbonyl (C=S) groups is 1. The fraction of sp³-hybridized carbons (Fsp3) is 0. The average molecular weight is 358 g/mol. The smallest absolute Gasteiger partial charge is 0.273 e. The molecule has 0 spiro atoms. The maximum Gasteiger partial charge on any atom is 0.273 e. The van der Waals surface area contributed by atoms with Crippen molar-refractivity contribution < 1.29 is 9.59 Å². The highest BCUT2D eigenvalue weighted by Crippen LogP contribution is 2.16. The van der Waals surface area contributed by atoms with E-state index in [0.29, 0.717) is 22.0 Å². The van der Waals surface area contributed by atoms with Crippen LogP contribution in [0.4, 0.5) is 5.69 Å². The minimum absolute atomic E-state index is 0.241. The lowest BCUT2D eigenvalue weighted by Crippen LogP contribution is -2.21. The average Bonchev–Trinajstić information content (AvgIpc) is 2.86. The molecule has 120 valence electrons. The van der Waals surface area contributed by atoms with Crippen LogP contribution in [0.2, 0.25) is 5.02 Å². The van der Waals surface area contributed by atoms with Crippen LogP contribution in [0.15, 0.2) is 54.2 Å². The van der Waals surface area contributed by atoms with Gasteiger partial charge in [-0.2, -0.15) is 0 Å². The lowest BCUT2D eigenvalue weighted by Gasteiger charge is -2.06. The molecular formula is C17H12ClN3O2S. The van der Waals surface area contributed by atoms with Gasteiger partial charge < -0.3 is 10.6 Å². The topological polar surface area (TPSA) is 70.2 Å². The van der Waals surface area contributed by atoms with Crippen molar-refractivity contribution in [1.29, 1.82) is 0 Å². The van der Waals surface area contributed by atoms with Crippen molar-refractivity contribution in [2.75, 3.05) is 5.32 Å². The van der Waals surface area contributed by atoms with Crippen LogP contribution in [0.5, 0.6) is 0 Å². The zero-order valence-electron chi connectivity index (χ0n) is 12.3. The molecule has 1 saturated heterocycles. The number of carbonyl (C=O) groups excluding carboxylic acids is 2. The Hall–Kier alpha value is -2.70. The van der Waals surface area contributed by atoms with Crippen LogP contribution in [-0.2, 0) is 4.79 Å². The highest BCUT2D eigenvalue weighted by atomic mass is 35.5. The molecule has 2 aromatic carbocycles. The SMILES string of the molecule is O=C1NC(=S)NC1=Cc1cccc(NC(=O)c2ccc(Cl)cc2)c1. The molecular weight excluding hydrogens is 346 g/mol. The van der Waals surface area contributed by atoms with Crippen LogP contribution in [0, 0.1) is 0 Å². The number of anilines is 1. The van der Waals surface area contributed by atoms with Crippen LogP contribution in [0.25, 0.3) is 6.08 Å². The largest absolute Gasteiger partial charge is 0.328 e. The fourth-order valence-electron chi connectivity index (χ4n) is 2.16. The van der Waals surface area contributed by atoms with Crippen molar-refractivity contribution in [3.05, 3.63) is 70.4 Å². The zero-order valence-corrected chi connectivity index (χ0v) is 13.9. The third kappa shape index (κ3) is 3.79. The fourth-order valence-corrected chi connectivity index (χ4v) is 2.49. The number of nitrogens with one attached hydrogen (secondary N) is 3. The Morgan fingerprint density at radius 2 is 1.88 bits per heavy atom. The summed E-state index contributed by atoms with van der Waals surface area (Å²) in [6.45, 7) is 0. The maximum absolute atomic E-state index is 12.2. The van der Waals surface area contributed by atoms with E-state index in [1.807, 2.05) is 6.07 Å². The summed E-state index contributed by atoms with van der Waals surface area (Å²) in [5.74, 6) is -0.523. The summed E-state index contributed by atoms with van der Waals surface area (Å²) in [4.78, 5) is 23.9. The number of amides is 2. The van der Waals surface area contributed by atoms with E-state index in [1.54, 1.807) is 48.5 Å². The molecule has 5 nitrogen and oxygen atoms in total. The molecule has 7 heteroatoms. The summed E-state index contributed by atoms with van der Waals surface area (Å²) < 4.78 is 0. The number of carbonyl (C=O) groups is 2. The molecule has 24 heavy (non-hydrogen) atoms. The second-order valence-electron chi connectivity index (χ2n) is 5.05. The molecule has 1 heterocycles. The summed E-state index contributed by atoms with van der Waals surface area (Å²) in [7, 11) is 0. The predicted molar refractivity (Wildman–Crippen MR) is 97.7 cm³/mol. The molecule has 0 aliphatic carbocycles. The summed E-state index contributed by atoms with van der Waals surface area (Å²) in [6, 6.07) is 13.7. The van der Waals surface area contributed by atoms with Gasteiger partial charge in [-0.3, -0.25) is 14.9 Å².